The van der Waals surface area contributed by atoms with Crippen LogP contribution in [0.5, 0.6) is 11.5 Å². The maximum atomic E-state index is 12.5. The van der Waals surface area contributed by atoms with Crippen LogP contribution in [-0.4, -0.2) is 30.9 Å². The first-order chi connectivity index (χ1) is 19.5. The van der Waals surface area contributed by atoms with Gasteiger partial charge in [0.15, 0.2) is 0 Å². The van der Waals surface area contributed by atoms with Crippen LogP contribution >= 0.6 is 24.0 Å². The number of benzene rings is 3. The molecule has 3 N–H and O–H groups in total. The molecule has 41 heavy (non-hydrogen) atoms. The summed E-state index contributed by atoms with van der Waals surface area (Å²) in [5, 5.41) is 13.1. The van der Waals surface area contributed by atoms with Crippen molar-refractivity contribution in [2.45, 2.75) is 57.6 Å². The number of alkyl carbamates (subject to hydrolysis) is 1. The topological polar surface area (TPSA) is 119 Å². The summed E-state index contributed by atoms with van der Waals surface area (Å²) in [5.74, 6) is 1.53. The molecule has 1 amide bonds. The van der Waals surface area contributed by atoms with Gasteiger partial charge >= 0.3 is 6.09 Å². The van der Waals surface area contributed by atoms with Gasteiger partial charge < -0.3 is 25.3 Å². The minimum atomic E-state index is -0.611. The highest BCUT2D eigenvalue weighted by molar-refractivity contribution is 7.80. The Labute approximate surface area is 251 Å². The molecule has 1 unspecified atom stereocenters. The van der Waals surface area contributed by atoms with Crippen LogP contribution in [0.1, 0.15) is 56.8 Å². The fraction of sp³-hybridized carbons (Fsp3) is 0.323. The zero-order valence-electron chi connectivity index (χ0n) is 24.5. The average Bonchev–Trinajstić information content (AvgIpc) is 3.38. The van der Waals surface area contributed by atoms with Crippen molar-refractivity contribution in [3.8, 4) is 17.6 Å². The second-order valence-electron chi connectivity index (χ2n) is 9.48. The quantitative estimate of drug-likeness (QED) is 0.155. The number of thiazole rings is 1. The normalized spacial score (nSPS) is 11.1. The summed E-state index contributed by atoms with van der Waals surface area (Å²) in [5.41, 5.74) is 7.82. The van der Waals surface area contributed by atoms with Gasteiger partial charge in [0.1, 0.15) is 22.1 Å². The van der Waals surface area contributed by atoms with E-state index in [1.54, 1.807) is 38.5 Å². The molecule has 10 heteroatoms. The number of fused-ring (bicyclic) bond motifs is 1. The third-order valence-electron chi connectivity index (χ3n) is 5.40. The Kier molecular flexibility index (Phi) is 12.8. The molecule has 1 atom stereocenters. The molecule has 218 valence electrons. The van der Waals surface area contributed by atoms with E-state index in [1.807, 2.05) is 71.0 Å². The van der Waals surface area contributed by atoms with Crippen molar-refractivity contribution >= 4 is 46.0 Å². The average molecular weight is 595 g/mol. The van der Waals surface area contributed by atoms with Gasteiger partial charge in [-0.3, -0.25) is 0 Å². The zero-order valence-corrected chi connectivity index (χ0v) is 26.2. The standard InChI is InChI=1S/C22H23N3O3S.C7H9NOS.C2H6/c1-22(2,3)28-21(26)25-18(11-14-7-5-6-8-15(14)13-23)20-24-17-10-9-16(27-4)12-19(17)29-20;1-9-5-2-3-6(8)7(10)4-5;1-2/h5-10,12,18H,11H2,1-4H3,(H,25,26);2-4,10H,8H2,1H3;1-2H3. The Morgan fingerprint density at radius 1 is 1.07 bits per heavy atom. The molecule has 0 spiro atoms. The number of methoxy groups -OCH3 is 2. The first-order valence-corrected chi connectivity index (χ1v) is 14.3. The van der Waals surface area contributed by atoms with E-state index in [-0.39, 0.29) is 0 Å². The Bertz CT molecular complexity index is 1480. The Balaban J connectivity index is 0.000000410. The van der Waals surface area contributed by atoms with E-state index in [2.05, 4.69) is 24.0 Å². The minimum Gasteiger partial charge on any atom is -0.497 e. The van der Waals surface area contributed by atoms with Gasteiger partial charge in [-0.15, -0.1) is 24.0 Å². The molecule has 0 aliphatic carbocycles. The summed E-state index contributed by atoms with van der Waals surface area (Å²) < 4.78 is 16.6. The molecule has 0 saturated carbocycles. The molecule has 4 aromatic rings. The second kappa shape index (κ2) is 15.7. The number of nitrogens with zero attached hydrogens (tertiary/aromatic N) is 2. The molecule has 0 saturated heterocycles. The molecule has 0 fully saturated rings. The van der Waals surface area contributed by atoms with E-state index >= 15 is 0 Å². The van der Waals surface area contributed by atoms with Crippen LogP contribution in [0.15, 0.2) is 65.6 Å². The second-order valence-corrected chi connectivity index (χ2v) is 11.0. The first-order valence-electron chi connectivity index (χ1n) is 13.1. The van der Waals surface area contributed by atoms with E-state index in [9.17, 15) is 10.1 Å². The molecular weight excluding hydrogens is 556 g/mol. The lowest BCUT2D eigenvalue weighted by Gasteiger charge is -2.23. The van der Waals surface area contributed by atoms with Crippen LogP contribution in [0.25, 0.3) is 10.2 Å². The highest BCUT2D eigenvalue weighted by Gasteiger charge is 2.24. The number of rotatable bonds is 6. The highest BCUT2D eigenvalue weighted by Crippen LogP contribution is 2.31. The van der Waals surface area contributed by atoms with Crippen molar-refractivity contribution in [2.24, 2.45) is 0 Å². The number of nitrogens with two attached hydrogens (primary N) is 1. The van der Waals surface area contributed by atoms with Gasteiger partial charge in [0.05, 0.1) is 42.1 Å². The van der Waals surface area contributed by atoms with Crippen LogP contribution < -0.4 is 20.5 Å². The third kappa shape index (κ3) is 10.2. The van der Waals surface area contributed by atoms with Gasteiger partial charge in [-0.1, -0.05) is 32.0 Å². The molecular formula is C31H38N4O4S2. The number of hydrogen-bond donors (Lipinski definition) is 3. The van der Waals surface area contributed by atoms with Gasteiger partial charge in [-0.25, -0.2) is 9.78 Å². The van der Waals surface area contributed by atoms with Crippen molar-refractivity contribution < 1.29 is 19.0 Å². The zero-order chi connectivity index (χ0) is 30.6. The van der Waals surface area contributed by atoms with Gasteiger partial charge in [0.2, 0.25) is 0 Å². The predicted molar refractivity (Wildman–Crippen MR) is 169 cm³/mol. The lowest BCUT2D eigenvalue weighted by Crippen LogP contribution is -2.35. The van der Waals surface area contributed by atoms with E-state index in [0.29, 0.717) is 17.7 Å². The van der Waals surface area contributed by atoms with Gasteiger partial charge in [-0.2, -0.15) is 5.26 Å². The number of nitrogens with one attached hydrogen (secondary N) is 1. The van der Waals surface area contributed by atoms with Gasteiger partial charge in [-0.05, 0) is 68.8 Å². The molecule has 0 radical (unpaired) electrons. The summed E-state index contributed by atoms with van der Waals surface area (Å²) in [6, 6.07) is 20.1. The summed E-state index contributed by atoms with van der Waals surface area (Å²) in [6.07, 6.45) is -0.0892. The van der Waals surface area contributed by atoms with E-state index < -0.39 is 17.7 Å². The molecule has 3 aromatic carbocycles. The fourth-order valence-corrected chi connectivity index (χ4v) is 4.78. The summed E-state index contributed by atoms with van der Waals surface area (Å²) in [7, 11) is 3.23. The SMILES string of the molecule is CC.COc1ccc(N)c(S)c1.COc1ccc2nc(C(Cc3ccccc3C#N)NC(=O)OC(C)(C)C)sc2c1. The molecule has 1 aromatic heterocycles. The van der Waals surface area contributed by atoms with Gasteiger partial charge in [0, 0.05) is 17.0 Å². The van der Waals surface area contributed by atoms with Crippen LogP contribution in [0.3, 0.4) is 0 Å². The Morgan fingerprint density at radius 3 is 2.32 bits per heavy atom. The van der Waals surface area contributed by atoms with E-state index in [4.69, 9.17) is 24.9 Å². The van der Waals surface area contributed by atoms with E-state index in [0.717, 1.165) is 37.2 Å². The smallest absolute Gasteiger partial charge is 0.408 e. The molecule has 0 aliphatic rings. The Morgan fingerprint density at radius 2 is 1.71 bits per heavy atom. The number of carbonyl (C=O) groups excluding carboxylic acids is 1. The Hall–Kier alpha value is -3.94. The number of thiol groups is 1. The number of nitrogen functional groups attached to an aromatic ring is 1. The molecule has 0 aliphatic heterocycles. The highest BCUT2D eigenvalue weighted by atomic mass is 32.1. The summed E-state index contributed by atoms with van der Waals surface area (Å²) in [6.45, 7) is 9.45. The van der Waals surface area contributed by atoms with Crippen LogP contribution in [0, 0.1) is 11.3 Å². The predicted octanol–water partition coefficient (Wildman–Crippen LogP) is 7.58. The third-order valence-corrected chi connectivity index (χ3v) is 6.92. The fourth-order valence-electron chi connectivity index (χ4n) is 3.53. The summed E-state index contributed by atoms with van der Waals surface area (Å²) in [4.78, 5) is 17.9. The monoisotopic (exact) mass is 594 g/mol. The maximum Gasteiger partial charge on any atom is 0.408 e. The van der Waals surface area contributed by atoms with Crippen molar-refractivity contribution in [1.82, 2.24) is 10.3 Å². The van der Waals surface area contributed by atoms with Crippen molar-refractivity contribution in [3.63, 3.8) is 0 Å². The summed E-state index contributed by atoms with van der Waals surface area (Å²) >= 11 is 5.60. The molecule has 0 bridgehead atoms. The first kappa shape index (κ1) is 33.3. The lowest BCUT2D eigenvalue weighted by atomic mass is 10.0. The number of ether oxygens (including phenoxy) is 3. The van der Waals surface area contributed by atoms with Crippen LogP contribution in [-0.2, 0) is 11.2 Å². The molecule has 4 rings (SSSR count). The number of anilines is 1. The largest absolute Gasteiger partial charge is 0.497 e. The lowest BCUT2D eigenvalue weighted by molar-refractivity contribution is 0.0503. The van der Waals surface area contributed by atoms with Crippen molar-refractivity contribution in [3.05, 3.63) is 76.8 Å². The maximum absolute atomic E-state index is 12.5. The van der Waals surface area contributed by atoms with E-state index in [1.165, 1.54) is 11.3 Å². The van der Waals surface area contributed by atoms with Gasteiger partial charge in [0.25, 0.3) is 0 Å². The minimum absolute atomic E-state index is 0.428. The number of carbonyl (C=O) groups is 1. The molecule has 8 nitrogen and oxygen atoms in total. The van der Waals surface area contributed by atoms with Crippen LogP contribution in [0.4, 0.5) is 10.5 Å². The number of hydrogen-bond acceptors (Lipinski definition) is 9. The number of nitriles is 1. The van der Waals surface area contributed by atoms with Crippen molar-refractivity contribution in [1.29, 1.82) is 5.26 Å². The number of amides is 1. The number of aromatic nitrogens is 1. The van der Waals surface area contributed by atoms with Crippen molar-refractivity contribution in [2.75, 3.05) is 20.0 Å². The molecule has 1 heterocycles. The van der Waals surface area contributed by atoms with Crippen LogP contribution in [0.2, 0.25) is 0 Å².